The van der Waals surface area contributed by atoms with Crippen molar-refractivity contribution in [1.82, 2.24) is 0 Å². The largest absolute Gasteiger partial charge is 0.563 e. The van der Waals surface area contributed by atoms with E-state index >= 15 is 0 Å². The SMILES string of the molecule is C=CC(/C=C\C[B]OC1=C(O)C=CC(CCN)C1)CC. The topological polar surface area (TPSA) is 55.5 Å². The number of aliphatic hydroxyl groups excluding tert-OH is 1. The fourth-order valence-electron chi connectivity index (χ4n) is 2.09. The van der Waals surface area contributed by atoms with Crippen LogP contribution in [-0.4, -0.2) is 19.1 Å². The molecule has 0 aromatic heterocycles. The average molecular weight is 274 g/mol. The van der Waals surface area contributed by atoms with Crippen LogP contribution in [0.15, 0.2) is 48.5 Å². The molecule has 2 atom stereocenters. The van der Waals surface area contributed by atoms with E-state index in [1.54, 1.807) is 13.6 Å². The molecule has 0 saturated heterocycles. The molecule has 3 nitrogen and oxygen atoms in total. The van der Waals surface area contributed by atoms with Crippen LogP contribution in [0, 0.1) is 11.8 Å². The molecule has 109 valence electrons. The highest BCUT2D eigenvalue weighted by Gasteiger charge is 2.16. The van der Waals surface area contributed by atoms with Crippen molar-refractivity contribution in [3.63, 3.8) is 0 Å². The van der Waals surface area contributed by atoms with E-state index in [1.807, 2.05) is 12.2 Å². The zero-order valence-corrected chi connectivity index (χ0v) is 12.3. The van der Waals surface area contributed by atoms with Gasteiger partial charge in [0.2, 0.25) is 0 Å². The predicted molar refractivity (Wildman–Crippen MR) is 85.3 cm³/mol. The summed E-state index contributed by atoms with van der Waals surface area (Å²) in [6.45, 7) is 6.57. The smallest absolute Gasteiger partial charge is 0.373 e. The zero-order valence-electron chi connectivity index (χ0n) is 12.3. The Balaban J connectivity index is 2.34. The molecule has 0 spiro atoms. The summed E-state index contributed by atoms with van der Waals surface area (Å²) in [6.07, 6.45) is 13.2. The Hall–Kier alpha value is -1.42. The number of allylic oxidation sites excluding steroid dienone is 6. The Bertz CT molecular complexity index is 388. The molecule has 4 heteroatoms. The van der Waals surface area contributed by atoms with Crippen molar-refractivity contribution in [2.24, 2.45) is 17.6 Å². The van der Waals surface area contributed by atoms with E-state index in [9.17, 15) is 5.11 Å². The number of hydrogen-bond donors (Lipinski definition) is 2. The van der Waals surface area contributed by atoms with Crippen LogP contribution in [0.4, 0.5) is 0 Å². The van der Waals surface area contributed by atoms with Crippen molar-refractivity contribution in [2.75, 3.05) is 6.54 Å². The van der Waals surface area contributed by atoms with Crippen LogP contribution in [0.1, 0.15) is 26.2 Å². The van der Waals surface area contributed by atoms with Gasteiger partial charge in [-0.3, -0.25) is 0 Å². The summed E-state index contributed by atoms with van der Waals surface area (Å²) >= 11 is 0. The summed E-state index contributed by atoms with van der Waals surface area (Å²) in [5.41, 5.74) is 5.56. The predicted octanol–water partition coefficient (Wildman–Crippen LogP) is 3.50. The van der Waals surface area contributed by atoms with E-state index in [0.29, 0.717) is 36.9 Å². The van der Waals surface area contributed by atoms with E-state index in [2.05, 4.69) is 25.7 Å². The minimum Gasteiger partial charge on any atom is -0.563 e. The van der Waals surface area contributed by atoms with Gasteiger partial charge in [0.25, 0.3) is 0 Å². The molecule has 1 aliphatic carbocycles. The van der Waals surface area contributed by atoms with E-state index in [-0.39, 0.29) is 5.76 Å². The van der Waals surface area contributed by atoms with Gasteiger partial charge in [-0.15, -0.1) is 6.58 Å². The molecule has 20 heavy (non-hydrogen) atoms. The van der Waals surface area contributed by atoms with Crippen molar-refractivity contribution in [1.29, 1.82) is 0 Å². The Morgan fingerprint density at radius 2 is 2.45 bits per heavy atom. The number of aliphatic hydroxyl groups is 1. The lowest BCUT2D eigenvalue weighted by Gasteiger charge is -2.20. The van der Waals surface area contributed by atoms with Gasteiger partial charge in [-0.05, 0) is 43.6 Å². The number of hydrogen-bond acceptors (Lipinski definition) is 3. The highest BCUT2D eigenvalue weighted by molar-refractivity contribution is 6.28. The van der Waals surface area contributed by atoms with Crippen LogP contribution in [0.2, 0.25) is 6.32 Å². The van der Waals surface area contributed by atoms with Crippen molar-refractivity contribution in [2.45, 2.75) is 32.5 Å². The average Bonchev–Trinajstić information content (AvgIpc) is 2.46. The summed E-state index contributed by atoms with van der Waals surface area (Å²) in [6, 6.07) is 0. The van der Waals surface area contributed by atoms with Crippen molar-refractivity contribution < 1.29 is 9.76 Å². The molecule has 0 aromatic carbocycles. The van der Waals surface area contributed by atoms with Crippen molar-refractivity contribution in [3.05, 3.63) is 48.5 Å². The Kier molecular flexibility index (Phi) is 7.89. The number of nitrogens with two attached hydrogens (primary N) is 1. The van der Waals surface area contributed by atoms with Gasteiger partial charge in [0.15, 0.2) is 5.76 Å². The van der Waals surface area contributed by atoms with Gasteiger partial charge in [-0.25, -0.2) is 0 Å². The van der Waals surface area contributed by atoms with Gasteiger partial charge in [0.05, 0.1) is 0 Å². The molecule has 0 bridgehead atoms. The Morgan fingerprint density at radius 3 is 3.10 bits per heavy atom. The van der Waals surface area contributed by atoms with Crippen LogP contribution in [0.25, 0.3) is 0 Å². The minimum absolute atomic E-state index is 0.219. The molecule has 0 aliphatic heterocycles. The Labute approximate surface area is 123 Å². The van der Waals surface area contributed by atoms with Gasteiger partial charge >= 0.3 is 7.48 Å². The van der Waals surface area contributed by atoms with Crippen molar-refractivity contribution >= 4 is 7.48 Å². The van der Waals surface area contributed by atoms with Gasteiger partial charge in [0.1, 0.15) is 5.76 Å². The molecule has 0 saturated carbocycles. The van der Waals surface area contributed by atoms with E-state index in [0.717, 1.165) is 12.8 Å². The zero-order chi connectivity index (χ0) is 14.8. The summed E-state index contributed by atoms with van der Waals surface area (Å²) in [5.74, 6) is 1.63. The molecule has 0 fully saturated rings. The lowest BCUT2D eigenvalue weighted by Crippen LogP contribution is -2.13. The third kappa shape index (κ3) is 5.70. The molecule has 2 unspecified atom stereocenters. The first-order valence-electron chi connectivity index (χ1n) is 7.29. The van der Waals surface area contributed by atoms with Crippen LogP contribution in [-0.2, 0) is 4.65 Å². The van der Waals surface area contributed by atoms with Crippen LogP contribution in [0.3, 0.4) is 0 Å². The fraction of sp³-hybridized carbons (Fsp3) is 0.500. The first kappa shape index (κ1) is 16.6. The van der Waals surface area contributed by atoms with Crippen LogP contribution in [0.5, 0.6) is 0 Å². The molecule has 1 rings (SSSR count). The molecule has 0 aromatic rings. The third-order valence-electron chi connectivity index (χ3n) is 3.41. The maximum Gasteiger partial charge on any atom is 0.373 e. The van der Waals surface area contributed by atoms with Gasteiger partial charge in [-0.1, -0.05) is 31.2 Å². The highest BCUT2D eigenvalue weighted by atomic mass is 16.4. The molecule has 0 amide bonds. The second-order valence-corrected chi connectivity index (χ2v) is 4.97. The first-order chi connectivity index (χ1) is 9.71. The Morgan fingerprint density at radius 1 is 1.65 bits per heavy atom. The molecule has 1 aliphatic rings. The van der Waals surface area contributed by atoms with Gasteiger partial charge < -0.3 is 15.5 Å². The van der Waals surface area contributed by atoms with E-state index < -0.39 is 0 Å². The quantitative estimate of drug-likeness (QED) is 0.384. The van der Waals surface area contributed by atoms with E-state index in [1.165, 1.54) is 0 Å². The molecule has 0 heterocycles. The standard InChI is InChI=1S/C16H25BNO2/c1-3-13(4-2)6-5-10-17-20-16-12-14(9-11-18)7-8-15(16)19/h3,5-8,13-14,19H,1,4,9-12,18H2,2H3/b6-5-. The van der Waals surface area contributed by atoms with E-state index in [4.69, 9.17) is 10.4 Å². The minimum atomic E-state index is 0.219. The van der Waals surface area contributed by atoms with Gasteiger partial charge in [0, 0.05) is 6.42 Å². The van der Waals surface area contributed by atoms with Crippen LogP contribution < -0.4 is 5.73 Å². The monoisotopic (exact) mass is 274 g/mol. The summed E-state index contributed by atoms with van der Waals surface area (Å²) in [7, 11) is 1.72. The normalized spacial score (nSPS) is 20.2. The summed E-state index contributed by atoms with van der Waals surface area (Å²) in [5, 5.41) is 9.76. The fourth-order valence-corrected chi connectivity index (χ4v) is 2.09. The maximum atomic E-state index is 9.76. The first-order valence-corrected chi connectivity index (χ1v) is 7.29. The molecule has 3 N–H and O–H groups in total. The molecule has 1 radical (unpaired) electrons. The molecular formula is C16H25BNO2. The molecular weight excluding hydrogens is 249 g/mol. The lowest BCUT2D eigenvalue weighted by molar-refractivity contribution is 0.322. The summed E-state index contributed by atoms with van der Waals surface area (Å²) in [4.78, 5) is 0. The van der Waals surface area contributed by atoms with Gasteiger partial charge in [-0.2, -0.15) is 0 Å². The highest BCUT2D eigenvalue weighted by Crippen LogP contribution is 2.25. The second kappa shape index (κ2) is 9.48. The lowest BCUT2D eigenvalue weighted by atomic mass is 9.91. The van der Waals surface area contributed by atoms with Crippen LogP contribution >= 0.6 is 0 Å². The van der Waals surface area contributed by atoms with Crippen molar-refractivity contribution in [3.8, 4) is 0 Å². The second-order valence-electron chi connectivity index (χ2n) is 4.97. The summed E-state index contributed by atoms with van der Waals surface area (Å²) < 4.78 is 5.56. The number of rotatable bonds is 9. The maximum absolute atomic E-state index is 9.76. The third-order valence-corrected chi connectivity index (χ3v) is 3.41.